The van der Waals surface area contributed by atoms with Gasteiger partial charge in [-0.2, -0.15) is 10.2 Å². The quantitative estimate of drug-likeness (QED) is 0.355. The number of rotatable bonds is 5. The Hall–Kier alpha value is -4.08. The molecule has 216 valence electrons. The van der Waals surface area contributed by atoms with Crippen LogP contribution < -0.4 is 5.32 Å². The zero-order valence-corrected chi connectivity index (χ0v) is 24.2. The third-order valence-electron chi connectivity index (χ3n) is 8.00. The maximum Gasteiger partial charge on any atom is 0.244 e. The Morgan fingerprint density at radius 1 is 1.00 bits per heavy atom. The standard InChI is InChI=1S/C31H39N7O3/c1-21-16-28-33-18-24(19-38(28)34-21)23-13-14-26-25(17-23)30(22(2)39)35-37(26)20-29(40)36(3)27-12-10-8-6-4-5-7-9-11-15-32-31(27)41/h13-14,16-19,27H,4-12,15,20H2,1-3H3,(H,32,41). The fourth-order valence-corrected chi connectivity index (χ4v) is 5.65. The van der Waals surface area contributed by atoms with Crippen LogP contribution in [0.2, 0.25) is 0 Å². The normalized spacial score (nSPS) is 17.4. The molecule has 1 aromatic carbocycles. The van der Waals surface area contributed by atoms with Crippen molar-refractivity contribution in [3.05, 3.63) is 48.0 Å². The van der Waals surface area contributed by atoms with E-state index in [-0.39, 0.29) is 24.1 Å². The average molecular weight is 558 g/mol. The Bertz CT molecular complexity index is 1570. The van der Waals surface area contributed by atoms with E-state index in [9.17, 15) is 14.4 Å². The summed E-state index contributed by atoms with van der Waals surface area (Å²) in [5.74, 6) is -0.503. The van der Waals surface area contributed by atoms with Gasteiger partial charge < -0.3 is 10.2 Å². The van der Waals surface area contributed by atoms with Gasteiger partial charge in [0.25, 0.3) is 0 Å². The van der Waals surface area contributed by atoms with Crippen LogP contribution in [0.5, 0.6) is 0 Å². The minimum atomic E-state index is -0.530. The molecule has 1 N–H and O–H groups in total. The van der Waals surface area contributed by atoms with Gasteiger partial charge in [0.15, 0.2) is 11.4 Å². The van der Waals surface area contributed by atoms with Crippen molar-refractivity contribution >= 4 is 34.1 Å². The van der Waals surface area contributed by atoms with Crippen molar-refractivity contribution < 1.29 is 14.4 Å². The maximum absolute atomic E-state index is 13.5. The molecule has 0 bridgehead atoms. The van der Waals surface area contributed by atoms with Crippen molar-refractivity contribution in [2.24, 2.45) is 0 Å². The van der Waals surface area contributed by atoms with Crippen LogP contribution in [-0.2, 0) is 16.1 Å². The minimum Gasteiger partial charge on any atom is -0.354 e. The van der Waals surface area contributed by atoms with E-state index in [1.807, 2.05) is 37.4 Å². The number of fused-ring (bicyclic) bond motifs is 2. The summed E-state index contributed by atoms with van der Waals surface area (Å²) in [6.07, 6.45) is 13.2. The molecule has 0 aliphatic carbocycles. The number of hydrogen-bond acceptors (Lipinski definition) is 6. The first kappa shape index (κ1) is 28.4. The van der Waals surface area contributed by atoms with E-state index < -0.39 is 6.04 Å². The first-order chi connectivity index (χ1) is 19.8. The lowest BCUT2D eigenvalue weighted by molar-refractivity contribution is -0.139. The van der Waals surface area contributed by atoms with Crippen LogP contribution >= 0.6 is 0 Å². The molecule has 1 aliphatic heterocycles. The lowest BCUT2D eigenvalue weighted by Gasteiger charge is -2.27. The highest BCUT2D eigenvalue weighted by Crippen LogP contribution is 2.27. The largest absolute Gasteiger partial charge is 0.354 e. The number of Topliss-reactive ketones (excluding diaryl/α,β-unsaturated/α-hetero) is 1. The van der Waals surface area contributed by atoms with Crippen LogP contribution in [0.3, 0.4) is 0 Å². The Morgan fingerprint density at radius 2 is 1.73 bits per heavy atom. The number of carbonyl (C=O) groups is 3. The highest BCUT2D eigenvalue weighted by atomic mass is 16.2. The first-order valence-electron chi connectivity index (χ1n) is 14.7. The molecule has 0 radical (unpaired) electrons. The lowest BCUT2D eigenvalue weighted by atomic mass is 10.0. The number of aryl methyl sites for hydroxylation is 1. The van der Waals surface area contributed by atoms with Crippen LogP contribution in [-0.4, -0.2) is 66.5 Å². The van der Waals surface area contributed by atoms with Gasteiger partial charge in [0.05, 0.1) is 11.2 Å². The molecule has 0 saturated carbocycles. The summed E-state index contributed by atoms with van der Waals surface area (Å²) in [6.45, 7) is 3.96. The molecule has 0 spiro atoms. The second-order valence-electron chi connectivity index (χ2n) is 11.2. The number of benzene rings is 1. The van der Waals surface area contributed by atoms with Crippen molar-refractivity contribution in [2.45, 2.75) is 84.2 Å². The highest BCUT2D eigenvalue weighted by Gasteiger charge is 2.27. The van der Waals surface area contributed by atoms with Gasteiger partial charge in [-0.25, -0.2) is 9.50 Å². The fraction of sp³-hybridized carbons (Fsp3) is 0.484. The second-order valence-corrected chi connectivity index (χ2v) is 11.2. The number of hydrogen-bond donors (Lipinski definition) is 1. The number of nitrogens with one attached hydrogen (secondary N) is 1. The van der Waals surface area contributed by atoms with Crippen molar-refractivity contribution in [3.8, 4) is 11.1 Å². The Morgan fingerprint density at radius 3 is 2.49 bits per heavy atom. The van der Waals surface area contributed by atoms with E-state index in [4.69, 9.17) is 0 Å². The van der Waals surface area contributed by atoms with Crippen molar-refractivity contribution in [1.82, 2.24) is 34.6 Å². The molecule has 1 atom stereocenters. The number of nitrogens with zero attached hydrogens (tertiary/aromatic N) is 6. The van der Waals surface area contributed by atoms with E-state index in [0.717, 1.165) is 54.6 Å². The minimum absolute atomic E-state index is 0.0660. The zero-order chi connectivity index (χ0) is 28.9. The van der Waals surface area contributed by atoms with E-state index in [1.54, 1.807) is 27.3 Å². The van der Waals surface area contributed by atoms with Crippen LogP contribution in [0, 0.1) is 6.92 Å². The van der Waals surface area contributed by atoms with Crippen LogP contribution in [0.4, 0.5) is 0 Å². The molecule has 1 saturated heterocycles. The summed E-state index contributed by atoms with van der Waals surface area (Å²) in [7, 11) is 1.69. The summed E-state index contributed by atoms with van der Waals surface area (Å²) in [5.41, 5.74) is 4.35. The predicted octanol–water partition coefficient (Wildman–Crippen LogP) is 4.72. The van der Waals surface area contributed by atoms with Gasteiger partial charge in [0.1, 0.15) is 18.3 Å². The fourth-order valence-electron chi connectivity index (χ4n) is 5.65. The maximum atomic E-state index is 13.5. The van der Waals surface area contributed by atoms with E-state index in [2.05, 4.69) is 20.5 Å². The second kappa shape index (κ2) is 12.6. The molecule has 10 nitrogen and oxygen atoms in total. The Labute approximate surface area is 240 Å². The van der Waals surface area contributed by atoms with E-state index >= 15 is 0 Å². The molecule has 2 amide bonds. The number of likely N-dealkylation sites (N-methyl/N-ethyl adjacent to an activating group) is 1. The van der Waals surface area contributed by atoms with E-state index in [0.29, 0.717) is 29.6 Å². The Kier molecular flexibility index (Phi) is 8.75. The number of ketones is 1. The molecule has 1 unspecified atom stereocenters. The third kappa shape index (κ3) is 6.47. The average Bonchev–Trinajstić information content (AvgIpc) is 3.51. The molecule has 1 aliphatic rings. The number of aromatic nitrogens is 5. The number of amides is 2. The molecule has 3 aromatic heterocycles. The van der Waals surface area contributed by atoms with Crippen LogP contribution in [0.25, 0.3) is 27.7 Å². The molecule has 5 rings (SSSR count). The summed E-state index contributed by atoms with van der Waals surface area (Å²) in [6, 6.07) is 7.09. The smallest absolute Gasteiger partial charge is 0.244 e. The molecule has 41 heavy (non-hydrogen) atoms. The van der Waals surface area contributed by atoms with Gasteiger partial charge in [0, 0.05) is 49.9 Å². The topological polar surface area (TPSA) is 114 Å². The van der Waals surface area contributed by atoms with Gasteiger partial charge in [-0.15, -0.1) is 0 Å². The van der Waals surface area contributed by atoms with Gasteiger partial charge in [-0.05, 0) is 37.5 Å². The van der Waals surface area contributed by atoms with Crippen molar-refractivity contribution in [1.29, 1.82) is 0 Å². The molecule has 4 aromatic rings. The molecule has 1 fully saturated rings. The van der Waals surface area contributed by atoms with Crippen LogP contribution in [0.1, 0.15) is 80.9 Å². The monoisotopic (exact) mass is 557 g/mol. The summed E-state index contributed by atoms with van der Waals surface area (Å²) < 4.78 is 3.31. The molecular formula is C31H39N7O3. The predicted molar refractivity (Wildman–Crippen MR) is 158 cm³/mol. The van der Waals surface area contributed by atoms with Gasteiger partial charge >= 0.3 is 0 Å². The summed E-state index contributed by atoms with van der Waals surface area (Å²) >= 11 is 0. The first-order valence-corrected chi connectivity index (χ1v) is 14.7. The van der Waals surface area contributed by atoms with Gasteiger partial charge in [-0.3, -0.25) is 19.1 Å². The number of carbonyl (C=O) groups excluding carboxylic acids is 3. The third-order valence-corrected chi connectivity index (χ3v) is 8.00. The zero-order valence-electron chi connectivity index (χ0n) is 24.2. The summed E-state index contributed by atoms with van der Waals surface area (Å²) in [5, 5.41) is 12.7. The molecular weight excluding hydrogens is 518 g/mol. The molecule has 4 heterocycles. The van der Waals surface area contributed by atoms with Gasteiger partial charge in [0.2, 0.25) is 11.8 Å². The SMILES string of the molecule is CC(=O)c1nn(CC(=O)N(C)C2CCCCCCCCCCNC2=O)c2ccc(-c3cnc4cc(C)nn4c3)cc12. The Balaban J connectivity index is 1.38. The van der Waals surface area contributed by atoms with Crippen molar-refractivity contribution in [2.75, 3.05) is 13.6 Å². The summed E-state index contributed by atoms with van der Waals surface area (Å²) in [4.78, 5) is 45.2. The highest BCUT2D eigenvalue weighted by molar-refractivity contribution is 6.06. The van der Waals surface area contributed by atoms with E-state index in [1.165, 1.54) is 26.2 Å². The van der Waals surface area contributed by atoms with Gasteiger partial charge in [-0.1, -0.05) is 51.0 Å². The molecule has 10 heteroatoms. The lowest BCUT2D eigenvalue weighted by Crippen LogP contribution is -2.48. The van der Waals surface area contributed by atoms with Crippen LogP contribution in [0.15, 0.2) is 36.7 Å². The van der Waals surface area contributed by atoms with Crippen molar-refractivity contribution in [3.63, 3.8) is 0 Å².